The van der Waals surface area contributed by atoms with E-state index in [9.17, 15) is 24.9 Å². The van der Waals surface area contributed by atoms with Crippen molar-refractivity contribution in [3.8, 4) is 0 Å². The summed E-state index contributed by atoms with van der Waals surface area (Å²) in [6, 6.07) is 0. The van der Waals surface area contributed by atoms with Gasteiger partial charge in [-0.25, -0.2) is 0 Å². The van der Waals surface area contributed by atoms with E-state index in [0.29, 0.717) is 12.8 Å². The zero-order valence-corrected chi connectivity index (χ0v) is 27.4. The van der Waals surface area contributed by atoms with E-state index in [0.717, 1.165) is 24.8 Å². The number of fused-ring (bicyclic) bond motifs is 5. The Morgan fingerprint density at radius 1 is 1.18 bits per heavy atom. The minimum Gasteiger partial charge on any atom is -0.822 e. The Hall–Kier alpha value is 1.81. The van der Waals surface area contributed by atoms with Crippen molar-refractivity contribution in [3.05, 3.63) is 23.8 Å². The van der Waals surface area contributed by atoms with Crippen LogP contribution in [0.5, 0.6) is 0 Å². The fourth-order valence-corrected chi connectivity index (χ4v) is 6.92. The zero-order valence-electron chi connectivity index (χ0n) is 20.5. The SMILES string of the molecule is C[C@]12C=CC(=O)C=C1CCC1C2C(O)C[C@@]2(C)C1CC[C@]2(O)C(=O)CO.O=P([O-])([O-])[O-].[Na+].[Na+].[Na+]. The summed E-state index contributed by atoms with van der Waals surface area (Å²) in [5.41, 5.74) is -1.54. The maximum absolute atomic E-state index is 12.4. The first-order valence-corrected chi connectivity index (χ1v) is 11.9. The molecule has 0 radical (unpaired) electrons. The van der Waals surface area contributed by atoms with E-state index in [1.807, 2.05) is 13.0 Å². The monoisotopic (exact) mass is 524 g/mol. The predicted molar refractivity (Wildman–Crippen MR) is 103 cm³/mol. The fourth-order valence-electron chi connectivity index (χ4n) is 6.92. The van der Waals surface area contributed by atoms with Gasteiger partial charge in [0.05, 0.1) is 6.10 Å². The molecule has 13 heteroatoms. The van der Waals surface area contributed by atoms with E-state index in [1.165, 1.54) is 0 Å². The number of allylic oxidation sites excluding steroid dienone is 4. The summed E-state index contributed by atoms with van der Waals surface area (Å²) in [5.74, 6) is -0.227. The first-order chi connectivity index (χ1) is 14.2. The van der Waals surface area contributed by atoms with Gasteiger partial charge in [-0.15, -0.1) is 0 Å². The first-order valence-electron chi connectivity index (χ1n) is 10.4. The molecule has 3 saturated carbocycles. The number of carbonyl (C=O) groups excluding carboxylic acids is 2. The summed E-state index contributed by atoms with van der Waals surface area (Å²) >= 11 is 0. The van der Waals surface area contributed by atoms with Crippen molar-refractivity contribution < 1.29 is 133 Å². The number of phosphoric acid groups is 1. The summed E-state index contributed by atoms with van der Waals surface area (Å²) in [5, 5.41) is 31.7. The minimum absolute atomic E-state index is 0. The van der Waals surface area contributed by atoms with Crippen LogP contribution >= 0.6 is 7.82 Å². The third-order valence-electron chi connectivity index (χ3n) is 8.25. The molecule has 0 aromatic rings. The third kappa shape index (κ3) is 6.50. The summed E-state index contributed by atoms with van der Waals surface area (Å²) in [6.07, 6.45) is 7.68. The topological polar surface area (TPSA) is 181 Å². The van der Waals surface area contributed by atoms with Crippen molar-refractivity contribution >= 4 is 19.4 Å². The molecule has 34 heavy (non-hydrogen) atoms. The van der Waals surface area contributed by atoms with Crippen molar-refractivity contribution in [2.45, 2.75) is 57.7 Å². The van der Waals surface area contributed by atoms with Gasteiger partial charge in [-0.1, -0.05) is 25.5 Å². The first kappa shape index (κ1) is 35.8. The van der Waals surface area contributed by atoms with Crippen molar-refractivity contribution in [3.63, 3.8) is 0 Å². The number of rotatable bonds is 2. The van der Waals surface area contributed by atoms with Crippen molar-refractivity contribution in [1.82, 2.24) is 0 Å². The molecular formula is C21H28Na3O9P. The van der Waals surface area contributed by atoms with Crippen molar-refractivity contribution in [2.24, 2.45) is 28.6 Å². The molecule has 0 aliphatic heterocycles. The second-order valence-electron chi connectivity index (χ2n) is 9.64. The van der Waals surface area contributed by atoms with E-state index >= 15 is 0 Å². The molecule has 7 atom stereocenters. The molecule has 3 N–H and O–H groups in total. The summed E-state index contributed by atoms with van der Waals surface area (Å²) < 4.78 is 8.55. The largest absolute Gasteiger partial charge is 1.00 e. The third-order valence-corrected chi connectivity index (χ3v) is 8.25. The van der Waals surface area contributed by atoms with Gasteiger partial charge in [-0.3, -0.25) is 9.59 Å². The Bertz CT molecular complexity index is 882. The number of hydrogen-bond donors (Lipinski definition) is 3. The van der Waals surface area contributed by atoms with E-state index < -0.39 is 37.3 Å². The van der Waals surface area contributed by atoms with Crippen LogP contribution in [-0.2, 0) is 14.2 Å². The molecule has 0 saturated heterocycles. The van der Waals surface area contributed by atoms with Gasteiger partial charge in [-0.05, 0) is 56.1 Å². The van der Waals surface area contributed by atoms with Crippen LogP contribution < -0.4 is 103 Å². The number of aliphatic hydroxyl groups is 3. The molecule has 0 aromatic heterocycles. The average Bonchev–Trinajstić information content (AvgIpc) is 2.91. The van der Waals surface area contributed by atoms with Crippen LogP contribution in [0, 0.1) is 28.6 Å². The number of ketones is 2. The normalized spacial score (nSPS) is 39.9. The molecule has 0 spiro atoms. The van der Waals surface area contributed by atoms with E-state index in [4.69, 9.17) is 19.2 Å². The van der Waals surface area contributed by atoms with Gasteiger partial charge in [-0.2, -0.15) is 7.82 Å². The zero-order chi connectivity index (χ0) is 23.4. The van der Waals surface area contributed by atoms with Gasteiger partial charge >= 0.3 is 88.7 Å². The van der Waals surface area contributed by atoms with Gasteiger partial charge in [0.1, 0.15) is 12.2 Å². The summed E-state index contributed by atoms with van der Waals surface area (Å²) in [7, 11) is -5.39. The van der Waals surface area contributed by atoms with Crippen LogP contribution in [0.3, 0.4) is 0 Å². The number of hydrogen-bond acceptors (Lipinski definition) is 9. The maximum Gasteiger partial charge on any atom is 1.00 e. The Morgan fingerprint density at radius 2 is 1.74 bits per heavy atom. The van der Waals surface area contributed by atoms with Crippen molar-refractivity contribution in [1.29, 1.82) is 0 Å². The standard InChI is InChI=1S/C21H28O5.3Na.H3O4P/c1-19-7-5-13(23)9-12(19)3-4-14-15-6-8-21(26,17(25)11-22)20(15,2)10-16(24)18(14)19;;;;1-5(2,3)4/h5,7,9,14-16,18,22,24,26H,3-4,6,8,10-11H2,1-2H3;;;;(H3,1,2,3,4)/q;3*+1;/p-3/t14?,15?,16?,18?,19-,20-,21-;;;;/m0..../s1. The van der Waals surface area contributed by atoms with E-state index in [2.05, 4.69) is 6.92 Å². The summed E-state index contributed by atoms with van der Waals surface area (Å²) in [6.45, 7) is 3.34. The Balaban J connectivity index is 0.00000124. The Kier molecular flexibility index (Phi) is 13.5. The average molecular weight is 524 g/mol. The molecular weight excluding hydrogens is 496 g/mol. The van der Waals surface area contributed by atoms with Crippen LogP contribution in [0.4, 0.5) is 0 Å². The second kappa shape index (κ2) is 12.8. The van der Waals surface area contributed by atoms with Gasteiger partial charge in [0.2, 0.25) is 0 Å². The van der Waals surface area contributed by atoms with Crippen LogP contribution in [0.15, 0.2) is 23.8 Å². The fraction of sp³-hybridized carbons (Fsp3) is 0.714. The minimum atomic E-state index is -5.39. The molecule has 3 fully saturated rings. The molecule has 0 bridgehead atoms. The van der Waals surface area contributed by atoms with Crippen LogP contribution in [-0.4, -0.2) is 45.2 Å². The molecule has 0 amide bonds. The van der Waals surface area contributed by atoms with Gasteiger partial charge in [0, 0.05) is 16.7 Å². The predicted octanol–water partition coefficient (Wildman–Crippen LogP) is -10.3. The maximum atomic E-state index is 12.4. The van der Waals surface area contributed by atoms with Gasteiger partial charge in [0.15, 0.2) is 11.6 Å². The molecule has 4 aliphatic carbocycles. The van der Waals surface area contributed by atoms with Crippen LogP contribution in [0.25, 0.3) is 0 Å². The van der Waals surface area contributed by atoms with Gasteiger partial charge in [0.25, 0.3) is 0 Å². The van der Waals surface area contributed by atoms with Crippen molar-refractivity contribution in [2.75, 3.05) is 6.61 Å². The molecule has 0 aromatic carbocycles. The summed E-state index contributed by atoms with van der Waals surface area (Å²) in [4.78, 5) is 49.8. The molecule has 9 nitrogen and oxygen atoms in total. The molecule has 4 aliphatic rings. The molecule has 4 unspecified atom stereocenters. The quantitative estimate of drug-likeness (QED) is 0.233. The number of carbonyl (C=O) groups is 2. The number of aliphatic hydroxyl groups excluding tert-OH is 2. The Labute approximate surface area is 266 Å². The Morgan fingerprint density at radius 3 is 2.26 bits per heavy atom. The molecule has 0 heterocycles. The second-order valence-corrected chi connectivity index (χ2v) is 10.5. The van der Waals surface area contributed by atoms with Crippen LogP contribution in [0.1, 0.15) is 46.0 Å². The number of Topliss-reactive ketones (excluding diaryl/α,β-unsaturated/α-hetero) is 1. The molecule has 174 valence electrons. The van der Waals surface area contributed by atoms with E-state index in [-0.39, 0.29) is 118 Å². The molecule has 4 rings (SSSR count). The van der Waals surface area contributed by atoms with Crippen LogP contribution in [0.2, 0.25) is 0 Å². The van der Waals surface area contributed by atoms with Gasteiger partial charge < -0.3 is 34.6 Å². The van der Waals surface area contributed by atoms with E-state index in [1.54, 1.807) is 12.2 Å². The smallest absolute Gasteiger partial charge is 0.822 e.